The molecule has 2 aliphatic rings. The molecule has 1 N–H and O–H groups in total. The maximum Gasteiger partial charge on any atom is 0.230 e. The molecule has 18 heavy (non-hydrogen) atoms. The van der Waals surface area contributed by atoms with Crippen molar-refractivity contribution in [3.63, 3.8) is 0 Å². The zero-order chi connectivity index (χ0) is 13.0. The van der Waals surface area contributed by atoms with Crippen molar-refractivity contribution >= 4 is 5.91 Å². The summed E-state index contributed by atoms with van der Waals surface area (Å²) in [6, 6.07) is 0.439. The van der Waals surface area contributed by atoms with Crippen molar-refractivity contribution in [1.82, 2.24) is 10.2 Å². The fourth-order valence-corrected chi connectivity index (χ4v) is 3.61. The molecule has 2 saturated heterocycles. The Labute approximate surface area is 111 Å². The van der Waals surface area contributed by atoms with E-state index in [9.17, 15) is 4.79 Å². The molecule has 2 unspecified atom stereocenters. The third-order valence-electron chi connectivity index (χ3n) is 4.74. The minimum absolute atomic E-state index is 0.0899. The number of amides is 1. The lowest BCUT2D eigenvalue weighted by atomic mass is 9.80. The number of hydrogen-bond acceptors (Lipinski definition) is 2. The van der Waals surface area contributed by atoms with Crippen LogP contribution >= 0.6 is 0 Å². The Morgan fingerprint density at radius 3 is 2.89 bits per heavy atom. The Morgan fingerprint density at radius 2 is 2.22 bits per heavy atom. The molecule has 2 fully saturated rings. The summed E-state index contributed by atoms with van der Waals surface area (Å²) in [4.78, 5) is 15.2. The van der Waals surface area contributed by atoms with Gasteiger partial charge in [-0.25, -0.2) is 0 Å². The second-order valence-electron chi connectivity index (χ2n) is 6.15. The van der Waals surface area contributed by atoms with Crippen LogP contribution in [0.5, 0.6) is 0 Å². The summed E-state index contributed by atoms with van der Waals surface area (Å²) >= 11 is 0. The van der Waals surface area contributed by atoms with Crippen LogP contribution in [-0.4, -0.2) is 36.5 Å². The molecule has 104 valence electrons. The number of carbonyl (C=O) groups excluding carboxylic acids is 1. The van der Waals surface area contributed by atoms with Crippen molar-refractivity contribution in [2.24, 2.45) is 5.41 Å². The van der Waals surface area contributed by atoms with Gasteiger partial charge in [0.1, 0.15) is 0 Å². The molecule has 1 amide bonds. The zero-order valence-electron chi connectivity index (χ0n) is 12.0. The topological polar surface area (TPSA) is 32.3 Å². The Balaban J connectivity index is 2.11. The molecule has 3 nitrogen and oxygen atoms in total. The minimum atomic E-state index is -0.0899. The molecule has 0 saturated carbocycles. The van der Waals surface area contributed by atoms with Gasteiger partial charge in [-0.1, -0.05) is 26.2 Å². The lowest BCUT2D eigenvalue weighted by Crippen LogP contribution is -2.48. The van der Waals surface area contributed by atoms with Crippen molar-refractivity contribution in [2.45, 2.75) is 64.8 Å². The molecule has 0 aromatic rings. The molecule has 0 radical (unpaired) electrons. The van der Waals surface area contributed by atoms with Gasteiger partial charge in [-0.15, -0.1) is 0 Å². The van der Waals surface area contributed by atoms with Gasteiger partial charge in [0.15, 0.2) is 0 Å². The Kier molecular flexibility index (Phi) is 4.66. The van der Waals surface area contributed by atoms with Gasteiger partial charge in [-0.2, -0.15) is 0 Å². The highest BCUT2D eigenvalue weighted by Gasteiger charge is 2.43. The average molecular weight is 252 g/mol. The smallest absolute Gasteiger partial charge is 0.230 e. The summed E-state index contributed by atoms with van der Waals surface area (Å²) < 4.78 is 0. The van der Waals surface area contributed by atoms with Gasteiger partial charge in [0, 0.05) is 19.1 Å². The summed E-state index contributed by atoms with van der Waals surface area (Å²) in [6.45, 7) is 7.30. The van der Waals surface area contributed by atoms with E-state index in [0.717, 1.165) is 38.9 Å². The molecular weight excluding hydrogens is 224 g/mol. The second kappa shape index (κ2) is 6.05. The van der Waals surface area contributed by atoms with E-state index in [1.54, 1.807) is 0 Å². The van der Waals surface area contributed by atoms with E-state index in [1.807, 2.05) is 0 Å². The first-order chi connectivity index (χ1) is 8.69. The van der Waals surface area contributed by atoms with E-state index >= 15 is 0 Å². The molecular formula is C15H28N2O. The third-order valence-corrected chi connectivity index (χ3v) is 4.74. The first-order valence-electron chi connectivity index (χ1n) is 7.71. The van der Waals surface area contributed by atoms with Gasteiger partial charge < -0.3 is 10.2 Å². The van der Waals surface area contributed by atoms with E-state index in [4.69, 9.17) is 0 Å². The molecule has 2 aliphatic heterocycles. The van der Waals surface area contributed by atoms with Gasteiger partial charge in [0.2, 0.25) is 5.91 Å². The summed E-state index contributed by atoms with van der Waals surface area (Å²) in [7, 11) is 0. The maximum atomic E-state index is 13.0. The number of likely N-dealkylation sites (tertiary alicyclic amines) is 1. The van der Waals surface area contributed by atoms with Crippen molar-refractivity contribution in [2.75, 3.05) is 19.6 Å². The van der Waals surface area contributed by atoms with Gasteiger partial charge in [0.25, 0.3) is 0 Å². The largest absolute Gasteiger partial charge is 0.339 e. The van der Waals surface area contributed by atoms with Gasteiger partial charge in [-0.05, 0) is 39.2 Å². The summed E-state index contributed by atoms with van der Waals surface area (Å²) in [5.41, 5.74) is -0.0899. The number of rotatable bonds is 3. The lowest BCUT2D eigenvalue weighted by molar-refractivity contribution is -0.143. The van der Waals surface area contributed by atoms with E-state index in [2.05, 4.69) is 24.1 Å². The van der Waals surface area contributed by atoms with Crippen LogP contribution in [0.2, 0.25) is 0 Å². The SMILES string of the molecule is CCCC1(C(=O)N2CCCCCC2C)CCNC1. The average Bonchev–Trinajstić information content (AvgIpc) is 2.73. The Hall–Kier alpha value is -0.570. The van der Waals surface area contributed by atoms with Gasteiger partial charge in [-0.3, -0.25) is 4.79 Å². The van der Waals surface area contributed by atoms with Crippen LogP contribution in [0.4, 0.5) is 0 Å². The maximum absolute atomic E-state index is 13.0. The predicted octanol–water partition coefficient (Wildman–Crippen LogP) is 2.56. The standard InChI is InChI=1S/C15H28N2O/c1-3-8-15(9-10-16-12-15)14(18)17-11-6-4-5-7-13(17)2/h13,16H,3-12H2,1-2H3. The summed E-state index contributed by atoms with van der Waals surface area (Å²) in [5.74, 6) is 0.434. The molecule has 0 aromatic heterocycles. The molecule has 2 rings (SSSR count). The van der Waals surface area contributed by atoms with Gasteiger partial charge >= 0.3 is 0 Å². The van der Waals surface area contributed by atoms with E-state index in [1.165, 1.54) is 25.7 Å². The molecule has 0 aliphatic carbocycles. The van der Waals surface area contributed by atoms with Crippen LogP contribution in [-0.2, 0) is 4.79 Å². The minimum Gasteiger partial charge on any atom is -0.339 e. The third kappa shape index (κ3) is 2.71. The van der Waals surface area contributed by atoms with Crippen LogP contribution in [0.15, 0.2) is 0 Å². The first kappa shape index (κ1) is 13.9. The van der Waals surface area contributed by atoms with Crippen LogP contribution in [0, 0.1) is 5.41 Å². The Bertz CT molecular complexity index is 284. The fraction of sp³-hybridized carbons (Fsp3) is 0.933. The van der Waals surface area contributed by atoms with Crippen LogP contribution in [0.3, 0.4) is 0 Å². The Morgan fingerprint density at radius 1 is 1.39 bits per heavy atom. The number of hydrogen-bond donors (Lipinski definition) is 1. The monoisotopic (exact) mass is 252 g/mol. The van der Waals surface area contributed by atoms with E-state index < -0.39 is 0 Å². The second-order valence-corrected chi connectivity index (χ2v) is 6.15. The molecule has 0 spiro atoms. The highest BCUT2D eigenvalue weighted by Crippen LogP contribution is 2.35. The van der Waals surface area contributed by atoms with Crippen LogP contribution in [0.25, 0.3) is 0 Å². The summed E-state index contributed by atoms with van der Waals surface area (Å²) in [5, 5.41) is 3.40. The van der Waals surface area contributed by atoms with Crippen LogP contribution < -0.4 is 5.32 Å². The lowest BCUT2D eigenvalue weighted by Gasteiger charge is -2.36. The molecule has 3 heteroatoms. The molecule has 0 aromatic carbocycles. The quantitative estimate of drug-likeness (QED) is 0.837. The van der Waals surface area contributed by atoms with Gasteiger partial charge in [0.05, 0.1) is 5.41 Å². The zero-order valence-corrected chi connectivity index (χ0v) is 12.0. The number of nitrogens with one attached hydrogen (secondary N) is 1. The number of nitrogens with zero attached hydrogens (tertiary/aromatic N) is 1. The van der Waals surface area contributed by atoms with Crippen LogP contribution in [0.1, 0.15) is 58.8 Å². The summed E-state index contributed by atoms with van der Waals surface area (Å²) in [6.07, 6.45) is 8.12. The first-order valence-corrected chi connectivity index (χ1v) is 7.71. The highest BCUT2D eigenvalue weighted by atomic mass is 16.2. The van der Waals surface area contributed by atoms with E-state index in [0.29, 0.717) is 11.9 Å². The van der Waals surface area contributed by atoms with Crippen molar-refractivity contribution in [3.8, 4) is 0 Å². The highest BCUT2D eigenvalue weighted by molar-refractivity contribution is 5.83. The van der Waals surface area contributed by atoms with Crippen molar-refractivity contribution in [1.29, 1.82) is 0 Å². The van der Waals surface area contributed by atoms with E-state index in [-0.39, 0.29) is 5.41 Å². The molecule has 2 atom stereocenters. The molecule has 2 heterocycles. The fourth-order valence-electron chi connectivity index (χ4n) is 3.61. The number of carbonyl (C=O) groups is 1. The van der Waals surface area contributed by atoms with Crippen molar-refractivity contribution in [3.05, 3.63) is 0 Å². The normalized spacial score (nSPS) is 33.4. The van der Waals surface area contributed by atoms with Crippen molar-refractivity contribution < 1.29 is 4.79 Å². The molecule has 0 bridgehead atoms. The predicted molar refractivity (Wildman–Crippen MR) is 74.5 cm³/mol.